The Balaban J connectivity index is 1.49. The third kappa shape index (κ3) is 2.81. The number of nitrogens with one attached hydrogen (secondary N) is 1. The summed E-state index contributed by atoms with van der Waals surface area (Å²) in [6.07, 6.45) is 0.643. The Kier molecular flexibility index (Phi) is 4.26. The van der Waals surface area contributed by atoms with E-state index in [0.717, 1.165) is 17.0 Å². The lowest BCUT2D eigenvalue weighted by Crippen LogP contribution is -2.42. The van der Waals surface area contributed by atoms with Crippen molar-refractivity contribution in [1.82, 2.24) is 4.90 Å². The highest BCUT2D eigenvalue weighted by Gasteiger charge is 2.54. The number of urea groups is 1. The average molecular weight is 365 g/mol. The van der Waals surface area contributed by atoms with Gasteiger partial charge in [-0.3, -0.25) is 4.79 Å². The Labute approximate surface area is 158 Å². The van der Waals surface area contributed by atoms with Crippen molar-refractivity contribution in [3.05, 3.63) is 54.1 Å². The first-order valence-corrected chi connectivity index (χ1v) is 9.21. The van der Waals surface area contributed by atoms with E-state index in [1.54, 1.807) is 16.8 Å². The number of para-hydroxylation sites is 1. The van der Waals surface area contributed by atoms with Gasteiger partial charge < -0.3 is 19.9 Å². The average Bonchev–Trinajstić information content (AvgIpc) is 3.22. The van der Waals surface area contributed by atoms with E-state index >= 15 is 0 Å². The second-order valence-corrected chi connectivity index (χ2v) is 7.02. The number of likely N-dealkylation sites (tertiary alicyclic amines) is 1. The van der Waals surface area contributed by atoms with Crippen molar-refractivity contribution in [1.29, 1.82) is 0 Å². The van der Waals surface area contributed by atoms with Gasteiger partial charge in [0.15, 0.2) is 0 Å². The third-order valence-electron chi connectivity index (χ3n) is 5.47. The third-order valence-corrected chi connectivity index (χ3v) is 5.47. The van der Waals surface area contributed by atoms with Crippen LogP contribution < -0.4 is 15.0 Å². The summed E-state index contributed by atoms with van der Waals surface area (Å²) in [5, 5.41) is 2.92. The van der Waals surface area contributed by atoms with Crippen molar-refractivity contribution in [2.75, 3.05) is 37.0 Å². The molecule has 1 atom stereocenters. The molecule has 2 aromatic rings. The Morgan fingerprint density at radius 2 is 1.93 bits per heavy atom. The molecule has 1 fully saturated rings. The summed E-state index contributed by atoms with van der Waals surface area (Å²) < 4.78 is 5.42. The minimum absolute atomic E-state index is 0.0695. The molecule has 27 heavy (non-hydrogen) atoms. The first-order valence-electron chi connectivity index (χ1n) is 9.21. The van der Waals surface area contributed by atoms with E-state index in [-0.39, 0.29) is 11.9 Å². The van der Waals surface area contributed by atoms with E-state index in [4.69, 9.17) is 4.74 Å². The molecule has 0 unspecified atom stereocenters. The normalized spacial score (nSPS) is 20.9. The van der Waals surface area contributed by atoms with Crippen LogP contribution in [0.2, 0.25) is 0 Å². The molecule has 0 aliphatic carbocycles. The highest BCUT2D eigenvalue weighted by Crippen LogP contribution is 2.46. The molecule has 6 heteroatoms. The van der Waals surface area contributed by atoms with E-state index in [1.807, 2.05) is 55.5 Å². The smallest absolute Gasteiger partial charge is 0.321 e. The molecule has 2 aromatic carbocycles. The Bertz CT molecular complexity index is 880. The largest absolute Gasteiger partial charge is 0.494 e. The van der Waals surface area contributed by atoms with Crippen LogP contribution in [0.1, 0.15) is 18.9 Å². The number of ether oxygens (including phenoxy) is 1. The van der Waals surface area contributed by atoms with Crippen LogP contribution in [0, 0.1) is 0 Å². The van der Waals surface area contributed by atoms with Gasteiger partial charge in [0.05, 0.1) is 12.0 Å². The zero-order valence-electron chi connectivity index (χ0n) is 15.6. The lowest BCUT2D eigenvalue weighted by atomic mass is 9.81. The number of benzene rings is 2. The zero-order valence-corrected chi connectivity index (χ0v) is 15.6. The Morgan fingerprint density at radius 1 is 1.19 bits per heavy atom. The van der Waals surface area contributed by atoms with Crippen LogP contribution in [0.25, 0.3) is 0 Å². The molecule has 0 bridgehead atoms. The fourth-order valence-corrected chi connectivity index (χ4v) is 4.10. The highest BCUT2D eigenvalue weighted by molar-refractivity contribution is 6.08. The second kappa shape index (κ2) is 6.61. The molecule has 2 heterocycles. The van der Waals surface area contributed by atoms with Crippen LogP contribution in [0.3, 0.4) is 0 Å². The van der Waals surface area contributed by atoms with Crippen molar-refractivity contribution >= 4 is 23.3 Å². The van der Waals surface area contributed by atoms with E-state index < -0.39 is 5.41 Å². The number of carbonyl (C=O) groups excluding carboxylic acids is 2. The predicted octanol–water partition coefficient (Wildman–Crippen LogP) is 3.24. The molecule has 0 aromatic heterocycles. The Morgan fingerprint density at radius 3 is 2.67 bits per heavy atom. The number of amides is 3. The lowest BCUT2D eigenvalue weighted by molar-refractivity contribution is -0.122. The molecule has 2 aliphatic rings. The van der Waals surface area contributed by atoms with Gasteiger partial charge in [0, 0.05) is 31.5 Å². The molecule has 4 rings (SSSR count). The number of hydrogen-bond donors (Lipinski definition) is 1. The summed E-state index contributed by atoms with van der Waals surface area (Å²) in [7, 11) is 1.80. The Hall–Kier alpha value is -3.02. The maximum absolute atomic E-state index is 13.0. The standard InChI is InChI=1S/C21H23N3O3/c1-3-27-16-10-8-15(9-11-16)22-20(26)24-13-12-21(14-24)17-6-4-5-7-18(17)23(2)19(21)25/h4-11H,3,12-14H2,1-2H3,(H,22,26)/t21-/m1/s1. The fourth-order valence-electron chi connectivity index (χ4n) is 4.10. The number of likely N-dealkylation sites (N-methyl/N-ethyl adjacent to an activating group) is 1. The molecule has 1 saturated heterocycles. The summed E-state index contributed by atoms with van der Waals surface area (Å²) in [5.74, 6) is 0.840. The molecule has 0 saturated carbocycles. The van der Waals surface area contributed by atoms with Crippen LogP contribution >= 0.6 is 0 Å². The van der Waals surface area contributed by atoms with Gasteiger partial charge in [-0.25, -0.2) is 4.79 Å². The van der Waals surface area contributed by atoms with Gasteiger partial charge >= 0.3 is 6.03 Å². The van der Waals surface area contributed by atoms with Gasteiger partial charge in [-0.15, -0.1) is 0 Å². The van der Waals surface area contributed by atoms with Crippen molar-refractivity contribution < 1.29 is 14.3 Å². The lowest BCUT2D eigenvalue weighted by Gasteiger charge is -2.23. The molecular formula is C21H23N3O3. The monoisotopic (exact) mass is 365 g/mol. The van der Waals surface area contributed by atoms with Crippen LogP contribution in [0.4, 0.5) is 16.2 Å². The summed E-state index contributed by atoms with van der Waals surface area (Å²) in [4.78, 5) is 29.1. The van der Waals surface area contributed by atoms with E-state index in [9.17, 15) is 9.59 Å². The van der Waals surface area contributed by atoms with Gasteiger partial charge in [0.2, 0.25) is 5.91 Å². The molecule has 6 nitrogen and oxygen atoms in total. The highest BCUT2D eigenvalue weighted by atomic mass is 16.5. The van der Waals surface area contributed by atoms with Gasteiger partial charge in [0.1, 0.15) is 5.75 Å². The summed E-state index contributed by atoms with van der Waals surface area (Å²) in [6.45, 7) is 3.48. The molecule has 140 valence electrons. The maximum atomic E-state index is 13.0. The van der Waals surface area contributed by atoms with Crippen LogP contribution in [-0.2, 0) is 10.2 Å². The SMILES string of the molecule is CCOc1ccc(NC(=O)N2CC[C@]3(C2)C(=O)N(C)c2ccccc23)cc1. The summed E-state index contributed by atoms with van der Waals surface area (Å²) in [6, 6.07) is 15.0. The minimum Gasteiger partial charge on any atom is -0.494 e. The number of fused-ring (bicyclic) bond motifs is 2. The van der Waals surface area contributed by atoms with Crippen molar-refractivity contribution in [3.63, 3.8) is 0 Å². The van der Waals surface area contributed by atoms with Gasteiger partial charge in [0.25, 0.3) is 0 Å². The maximum Gasteiger partial charge on any atom is 0.321 e. The quantitative estimate of drug-likeness (QED) is 0.908. The van der Waals surface area contributed by atoms with Crippen LogP contribution in [0.15, 0.2) is 48.5 Å². The van der Waals surface area contributed by atoms with E-state index in [2.05, 4.69) is 5.32 Å². The van der Waals surface area contributed by atoms with Gasteiger partial charge in [-0.05, 0) is 49.2 Å². The zero-order chi connectivity index (χ0) is 19.0. The van der Waals surface area contributed by atoms with Gasteiger partial charge in [-0.1, -0.05) is 18.2 Å². The van der Waals surface area contributed by atoms with Crippen molar-refractivity contribution in [3.8, 4) is 5.75 Å². The number of rotatable bonds is 3. The molecule has 0 radical (unpaired) electrons. The molecule has 2 aliphatic heterocycles. The molecule has 1 spiro atoms. The van der Waals surface area contributed by atoms with Crippen LogP contribution in [0.5, 0.6) is 5.75 Å². The topological polar surface area (TPSA) is 61.9 Å². The van der Waals surface area contributed by atoms with E-state index in [1.165, 1.54) is 0 Å². The molecular weight excluding hydrogens is 342 g/mol. The molecule has 3 amide bonds. The second-order valence-electron chi connectivity index (χ2n) is 7.02. The first-order chi connectivity index (χ1) is 13.0. The van der Waals surface area contributed by atoms with Crippen molar-refractivity contribution in [2.45, 2.75) is 18.8 Å². The number of hydrogen-bond acceptors (Lipinski definition) is 3. The number of nitrogens with zero attached hydrogens (tertiary/aromatic N) is 2. The van der Waals surface area contributed by atoms with Crippen molar-refractivity contribution in [2.24, 2.45) is 0 Å². The number of anilines is 2. The number of carbonyl (C=O) groups is 2. The minimum atomic E-state index is -0.624. The predicted molar refractivity (Wildman–Crippen MR) is 104 cm³/mol. The summed E-state index contributed by atoms with van der Waals surface area (Å²) in [5.41, 5.74) is 2.05. The van der Waals surface area contributed by atoms with Gasteiger partial charge in [-0.2, -0.15) is 0 Å². The summed E-state index contributed by atoms with van der Waals surface area (Å²) >= 11 is 0. The first kappa shape index (κ1) is 17.4. The molecule has 1 N–H and O–H groups in total. The fraction of sp³-hybridized carbons (Fsp3) is 0.333. The van der Waals surface area contributed by atoms with Crippen LogP contribution in [-0.4, -0.2) is 43.6 Å². The van der Waals surface area contributed by atoms with E-state index in [0.29, 0.717) is 31.8 Å².